The summed E-state index contributed by atoms with van der Waals surface area (Å²) in [6.07, 6.45) is -0.547. The average molecular weight is 447 g/mol. The highest BCUT2D eigenvalue weighted by Crippen LogP contribution is 2.45. The van der Waals surface area contributed by atoms with Gasteiger partial charge in [-0.25, -0.2) is 0 Å². The zero-order valence-electron chi connectivity index (χ0n) is 17.7. The fourth-order valence-corrected chi connectivity index (χ4v) is 4.92. The number of aromatic nitrogens is 2. The second-order valence-corrected chi connectivity index (χ2v) is 8.51. The molecule has 0 aliphatic carbocycles. The van der Waals surface area contributed by atoms with Crippen molar-refractivity contribution in [2.45, 2.75) is 19.1 Å². The molecule has 2 atom stereocenters. The molecule has 0 bridgehead atoms. The molecular weight excluding hydrogens is 423 g/mol. The lowest BCUT2D eigenvalue weighted by molar-refractivity contribution is -0.138. The Bertz CT molecular complexity index is 1020. The number of carbonyl (C=O) groups excluding carboxylic acids is 1. The molecule has 7 nitrogen and oxygen atoms in total. The molecular formula is C22H24F3N5O2. The van der Waals surface area contributed by atoms with Gasteiger partial charge in [0.1, 0.15) is 6.54 Å². The molecule has 3 heterocycles. The van der Waals surface area contributed by atoms with Crippen LogP contribution in [0.1, 0.15) is 17.5 Å². The highest BCUT2D eigenvalue weighted by Gasteiger charge is 2.50. The van der Waals surface area contributed by atoms with E-state index in [-0.39, 0.29) is 29.3 Å². The average Bonchev–Trinajstić information content (AvgIpc) is 3.40. The van der Waals surface area contributed by atoms with Crippen LogP contribution in [0, 0.1) is 22.7 Å². The van der Waals surface area contributed by atoms with Gasteiger partial charge in [-0.2, -0.15) is 23.5 Å². The first-order valence-corrected chi connectivity index (χ1v) is 10.4. The number of likely N-dealkylation sites (tertiary alicyclic amines) is 1. The van der Waals surface area contributed by atoms with E-state index in [2.05, 4.69) is 5.10 Å². The number of fused-ring (bicyclic) bond motifs is 1. The van der Waals surface area contributed by atoms with Crippen LogP contribution in [0.15, 0.2) is 36.7 Å². The van der Waals surface area contributed by atoms with Crippen LogP contribution in [0.3, 0.4) is 0 Å². The molecule has 2 fully saturated rings. The van der Waals surface area contributed by atoms with Gasteiger partial charge in [0.25, 0.3) is 0 Å². The monoisotopic (exact) mass is 447 g/mol. The fraction of sp³-hybridized carbons (Fsp3) is 0.500. The molecule has 1 aromatic carbocycles. The van der Waals surface area contributed by atoms with Gasteiger partial charge in [-0.3, -0.25) is 9.48 Å². The van der Waals surface area contributed by atoms with Gasteiger partial charge in [-0.05, 0) is 30.7 Å². The van der Waals surface area contributed by atoms with Gasteiger partial charge in [0.05, 0.1) is 23.8 Å². The van der Waals surface area contributed by atoms with Gasteiger partial charge in [-0.1, -0.05) is 0 Å². The summed E-state index contributed by atoms with van der Waals surface area (Å²) in [7, 11) is 1.62. The van der Waals surface area contributed by atoms with Crippen LogP contribution in [-0.4, -0.2) is 60.5 Å². The second kappa shape index (κ2) is 8.47. The van der Waals surface area contributed by atoms with Gasteiger partial charge in [-0.15, -0.1) is 0 Å². The number of carbonyl (C=O) groups is 1. The van der Waals surface area contributed by atoms with E-state index in [9.17, 15) is 18.0 Å². The molecule has 0 unspecified atom stereocenters. The second-order valence-electron chi connectivity index (χ2n) is 8.51. The Morgan fingerprint density at radius 2 is 2.19 bits per heavy atom. The molecule has 0 N–H and O–H groups in total. The summed E-state index contributed by atoms with van der Waals surface area (Å²) in [5, 5.41) is 13.1. The smallest absolute Gasteiger partial charge is 0.384 e. The largest absolute Gasteiger partial charge is 0.417 e. The summed E-state index contributed by atoms with van der Waals surface area (Å²) in [6, 6.07) is 7.22. The van der Waals surface area contributed by atoms with Gasteiger partial charge in [0.2, 0.25) is 5.91 Å². The van der Waals surface area contributed by atoms with E-state index in [1.807, 2.05) is 9.80 Å². The molecule has 2 aliphatic rings. The van der Waals surface area contributed by atoms with Crippen LogP contribution in [0.25, 0.3) is 0 Å². The van der Waals surface area contributed by atoms with Crippen molar-refractivity contribution in [3.63, 3.8) is 0 Å². The van der Waals surface area contributed by atoms with Crippen LogP contribution in [0.4, 0.5) is 18.9 Å². The molecule has 170 valence electrons. The number of anilines is 1. The summed E-state index contributed by atoms with van der Waals surface area (Å²) in [5.41, 5.74) is -1.14. The Balaban J connectivity index is 1.55. The van der Waals surface area contributed by atoms with Crippen molar-refractivity contribution in [1.82, 2.24) is 14.7 Å². The normalized spacial score (nSPS) is 23.2. The number of ether oxygens (including phenoxy) is 1. The van der Waals surface area contributed by atoms with E-state index in [4.69, 9.17) is 10.00 Å². The van der Waals surface area contributed by atoms with Crippen molar-refractivity contribution < 1.29 is 22.7 Å². The molecule has 1 aromatic heterocycles. The SMILES string of the molecule is COC[C@@]12CCN(C(=O)Cn3cccn3)C[C@@H]1CN(c1ccc(C#N)c(C(F)(F)F)c1)C2. The Hall–Kier alpha value is -3.06. The molecule has 2 aromatic rings. The van der Waals surface area contributed by atoms with Crippen LogP contribution in [0.2, 0.25) is 0 Å². The summed E-state index contributed by atoms with van der Waals surface area (Å²) < 4.78 is 47.4. The molecule has 10 heteroatoms. The Labute approximate surface area is 184 Å². The highest BCUT2D eigenvalue weighted by molar-refractivity contribution is 5.76. The molecule has 1 amide bonds. The number of alkyl halides is 3. The summed E-state index contributed by atoms with van der Waals surface area (Å²) in [6.45, 7) is 2.76. The highest BCUT2D eigenvalue weighted by atomic mass is 19.4. The van der Waals surface area contributed by atoms with E-state index in [1.54, 1.807) is 42.4 Å². The van der Waals surface area contributed by atoms with E-state index in [0.717, 1.165) is 6.07 Å². The third-order valence-corrected chi connectivity index (χ3v) is 6.57. The number of amides is 1. The van der Waals surface area contributed by atoms with Crippen LogP contribution in [-0.2, 0) is 22.3 Å². The molecule has 32 heavy (non-hydrogen) atoms. The van der Waals surface area contributed by atoms with Gasteiger partial charge < -0.3 is 14.5 Å². The maximum atomic E-state index is 13.4. The summed E-state index contributed by atoms with van der Waals surface area (Å²) >= 11 is 0. The Morgan fingerprint density at radius 1 is 1.38 bits per heavy atom. The summed E-state index contributed by atoms with van der Waals surface area (Å²) in [5.74, 6) is 0.0265. The number of methoxy groups -OCH3 is 1. The number of hydrogen-bond acceptors (Lipinski definition) is 5. The fourth-order valence-electron chi connectivity index (χ4n) is 4.92. The number of halogens is 3. The predicted octanol–water partition coefficient (Wildman–Crippen LogP) is 2.78. The van der Waals surface area contributed by atoms with E-state index in [0.29, 0.717) is 44.9 Å². The first kappa shape index (κ1) is 22.1. The molecule has 2 saturated heterocycles. The maximum absolute atomic E-state index is 13.4. The van der Waals surface area contributed by atoms with Gasteiger partial charge >= 0.3 is 6.18 Å². The number of piperidine rings is 1. The summed E-state index contributed by atoms with van der Waals surface area (Å²) in [4.78, 5) is 16.5. The van der Waals surface area contributed by atoms with Crippen molar-refractivity contribution in [2.24, 2.45) is 11.3 Å². The lowest BCUT2D eigenvalue weighted by Crippen LogP contribution is -2.51. The quantitative estimate of drug-likeness (QED) is 0.705. The van der Waals surface area contributed by atoms with E-state index >= 15 is 0 Å². The molecule has 4 rings (SSSR count). The van der Waals surface area contributed by atoms with Crippen LogP contribution < -0.4 is 4.90 Å². The molecule has 0 radical (unpaired) electrons. The number of hydrogen-bond donors (Lipinski definition) is 0. The van der Waals surface area contributed by atoms with Crippen LogP contribution in [0.5, 0.6) is 0 Å². The molecule has 2 aliphatic heterocycles. The first-order chi connectivity index (χ1) is 15.3. The first-order valence-electron chi connectivity index (χ1n) is 10.4. The Morgan fingerprint density at radius 3 is 2.84 bits per heavy atom. The van der Waals surface area contributed by atoms with Crippen molar-refractivity contribution >= 4 is 11.6 Å². The zero-order valence-corrected chi connectivity index (χ0v) is 17.7. The zero-order chi connectivity index (χ0) is 22.9. The minimum atomic E-state index is -4.60. The van der Waals surface area contributed by atoms with Crippen molar-refractivity contribution in [2.75, 3.05) is 44.8 Å². The standard InChI is InChI=1S/C22H24F3N5O2/c1-32-15-21-5-8-28(20(31)13-30-7-2-6-27-30)11-17(21)12-29(14-21)18-4-3-16(10-26)19(9-18)22(23,24)25/h2-4,6-7,9,17H,5,8,11-15H2,1H3/t17-,21+/m1/s1. The van der Waals surface area contributed by atoms with Crippen molar-refractivity contribution in [3.05, 3.63) is 47.8 Å². The van der Waals surface area contributed by atoms with E-state index < -0.39 is 11.7 Å². The number of rotatable bonds is 5. The third-order valence-electron chi connectivity index (χ3n) is 6.57. The van der Waals surface area contributed by atoms with Gasteiger partial charge in [0.15, 0.2) is 0 Å². The number of benzene rings is 1. The predicted molar refractivity (Wildman–Crippen MR) is 110 cm³/mol. The molecule has 0 spiro atoms. The lowest BCUT2D eigenvalue weighted by Gasteiger charge is -2.43. The topological polar surface area (TPSA) is 74.4 Å². The Kier molecular flexibility index (Phi) is 5.86. The van der Waals surface area contributed by atoms with E-state index in [1.165, 1.54) is 6.07 Å². The number of nitrogens with zero attached hydrogens (tertiary/aromatic N) is 5. The van der Waals surface area contributed by atoms with Gasteiger partial charge in [0, 0.05) is 62.7 Å². The van der Waals surface area contributed by atoms with Crippen molar-refractivity contribution in [1.29, 1.82) is 5.26 Å². The molecule has 0 saturated carbocycles. The number of nitriles is 1. The van der Waals surface area contributed by atoms with Crippen LogP contribution >= 0.6 is 0 Å². The third kappa shape index (κ3) is 4.17. The maximum Gasteiger partial charge on any atom is 0.417 e. The minimum Gasteiger partial charge on any atom is -0.384 e. The van der Waals surface area contributed by atoms with Crippen molar-refractivity contribution in [3.8, 4) is 6.07 Å². The lowest BCUT2D eigenvalue weighted by atomic mass is 9.73. The minimum absolute atomic E-state index is 0.0316.